The van der Waals surface area contributed by atoms with Crippen LogP contribution in [0.4, 0.5) is 0 Å². The van der Waals surface area contributed by atoms with Gasteiger partial charge in [-0.25, -0.2) is 4.98 Å². The van der Waals surface area contributed by atoms with Crippen molar-refractivity contribution in [3.63, 3.8) is 0 Å². The highest BCUT2D eigenvalue weighted by Gasteiger charge is 2.34. The second-order valence-corrected chi connectivity index (χ2v) is 8.02. The van der Waals surface area contributed by atoms with Gasteiger partial charge in [0.15, 0.2) is 0 Å². The lowest BCUT2D eigenvalue weighted by atomic mass is 9.75. The lowest BCUT2D eigenvalue weighted by Gasteiger charge is -2.33. The Kier molecular flexibility index (Phi) is 3.26. The van der Waals surface area contributed by atoms with E-state index in [9.17, 15) is 5.11 Å². The van der Waals surface area contributed by atoms with Crippen LogP contribution < -0.4 is 0 Å². The molecule has 0 aromatic carbocycles. The van der Waals surface area contributed by atoms with Gasteiger partial charge in [0, 0.05) is 28.0 Å². The summed E-state index contributed by atoms with van der Waals surface area (Å²) in [4.78, 5) is 5.72. The van der Waals surface area contributed by atoms with E-state index in [1.807, 2.05) is 6.20 Å². The highest BCUT2D eigenvalue weighted by atomic mass is 32.1. The third kappa shape index (κ3) is 2.42. The quantitative estimate of drug-likeness (QED) is 0.917. The van der Waals surface area contributed by atoms with Crippen molar-refractivity contribution in [2.75, 3.05) is 0 Å². The molecule has 1 N–H and O–H groups in total. The first kappa shape index (κ1) is 13.8. The molecule has 4 heteroatoms. The molecule has 3 rings (SSSR count). The SMILES string of the molecule is Cc1cnc(Cn2c(C)cc3c2CC(C)(C)CC3O)s1. The molecule has 2 aromatic heterocycles. The average molecular weight is 290 g/mol. The van der Waals surface area contributed by atoms with E-state index < -0.39 is 0 Å². The summed E-state index contributed by atoms with van der Waals surface area (Å²) in [5.74, 6) is 0. The van der Waals surface area contributed by atoms with Gasteiger partial charge in [0.05, 0.1) is 12.6 Å². The molecule has 1 atom stereocenters. The van der Waals surface area contributed by atoms with Crippen LogP contribution in [0.3, 0.4) is 0 Å². The number of thiazole rings is 1. The summed E-state index contributed by atoms with van der Waals surface area (Å²) >= 11 is 1.75. The Bertz CT molecular complexity index is 639. The predicted molar refractivity (Wildman–Crippen MR) is 82.2 cm³/mol. The molecule has 1 aliphatic rings. The summed E-state index contributed by atoms with van der Waals surface area (Å²) in [6, 6.07) is 2.15. The van der Waals surface area contributed by atoms with Gasteiger partial charge >= 0.3 is 0 Å². The molecular formula is C16H22N2OS. The first-order valence-corrected chi connectivity index (χ1v) is 7.96. The van der Waals surface area contributed by atoms with Gasteiger partial charge in [0.25, 0.3) is 0 Å². The molecule has 108 valence electrons. The number of nitrogens with zero attached hydrogens (tertiary/aromatic N) is 2. The van der Waals surface area contributed by atoms with Crippen molar-refractivity contribution in [2.24, 2.45) is 5.41 Å². The Morgan fingerprint density at radius 2 is 2.20 bits per heavy atom. The second-order valence-electron chi connectivity index (χ2n) is 6.70. The van der Waals surface area contributed by atoms with Crippen molar-refractivity contribution in [2.45, 2.75) is 53.2 Å². The Hall–Kier alpha value is -1.13. The Labute approximate surface area is 124 Å². The zero-order valence-electron chi connectivity index (χ0n) is 12.6. The van der Waals surface area contributed by atoms with Crippen LogP contribution in [0, 0.1) is 19.3 Å². The zero-order valence-corrected chi connectivity index (χ0v) is 13.4. The van der Waals surface area contributed by atoms with Crippen LogP contribution in [0.15, 0.2) is 12.3 Å². The lowest BCUT2D eigenvalue weighted by Crippen LogP contribution is -2.27. The number of hydrogen-bond donors (Lipinski definition) is 1. The number of fused-ring (bicyclic) bond motifs is 1. The molecule has 20 heavy (non-hydrogen) atoms. The topological polar surface area (TPSA) is 38.0 Å². The number of aliphatic hydroxyl groups is 1. The molecule has 3 nitrogen and oxygen atoms in total. The molecule has 0 saturated carbocycles. The van der Waals surface area contributed by atoms with Gasteiger partial charge in [-0.3, -0.25) is 0 Å². The summed E-state index contributed by atoms with van der Waals surface area (Å²) in [7, 11) is 0. The molecule has 0 amide bonds. The van der Waals surface area contributed by atoms with Crippen LogP contribution in [-0.4, -0.2) is 14.7 Å². The lowest BCUT2D eigenvalue weighted by molar-refractivity contribution is 0.0981. The molecule has 0 bridgehead atoms. The smallest absolute Gasteiger partial charge is 0.113 e. The van der Waals surface area contributed by atoms with Crippen LogP contribution in [0.5, 0.6) is 0 Å². The van der Waals surface area contributed by atoms with E-state index in [1.54, 1.807) is 11.3 Å². The van der Waals surface area contributed by atoms with Crippen molar-refractivity contribution in [3.05, 3.63) is 39.1 Å². The summed E-state index contributed by atoms with van der Waals surface area (Å²) in [5.41, 5.74) is 3.79. The van der Waals surface area contributed by atoms with E-state index in [-0.39, 0.29) is 11.5 Å². The largest absolute Gasteiger partial charge is 0.388 e. The van der Waals surface area contributed by atoms with Gasteiger partial charge in [0.2, 0.25) is 0 Å². The van der Waals surface area contributed by atoms with E-state index >= 15 is 0 Å². The fourth-order valence-electron chi connectivity index (χ4n) is 3.23. The minimum absolute atomic E-state index is 0.160. The number of aryl methyl sites for hydroxylation is 2. The molecular weight excluding hydrogens is 268 g/mol. The highest BCUT2D eigenvalue weighted by molar-refractivity contribution is 7.11. The first-order valence-electron chi connectivity index (χ1n) is 7.14. The van der Waals surface area contributed by atoms with Crippen molar-refractivity contribution >= 4 is 11.3 Å². The molecule has 2 aromatic rings. The highest BCUT2D eigenvalue weighted by Crippen LogP contribution is 2.42. The van der Waals surface area contributed by atoms with Gasteiger partial charge in [-0.15, -0.1) is 11.3 Å². The minimum Gasteiger partial charge on any atom is -0.388 e. The van der Waals surface area contributed by atoms with E-state index in [1.165, 1.54) is 16.3 Å². The molecule has 1 unspecified atom stereocenters. The van der Waals surface area contributed by atoms with Gasteiger partial charge in [-0.1, -0.05) is 13.8 Å². The maximum Gasteiger partial charge on any atom is 0.113 e. The van der Waals surface area contributed by atoms with E-state index in [0.29, 0.717) is 0 Å². The summed E-state index contributed by atoms with van der Waals surface area (Å²) < 4.78 is 2.33. The summed E-state index contributed by atoms with van der Waals surface area (Å²) in [5, 5.41) is 11.5. The maximum absolute atomic E-state index is 10.4. The Balaban J connectivity index is 2.00. The standard InChI is InChI=1S/C16H22N2OS/c1-10-5-12-13(6-16(3,4)7-14(12)19)18(10)9-15-17-8-11(2)20-15/h5,8,14,19H,6-7,9H2,1-4H3. The van der Waals surface area contributed by atoms with Gasteiger partial charge in [-0.05, 0) is 38.2 Å². The molecule has 0 radical (unpaired) electrons. The van der Waals surface area contributed by atoms with Crippen LogP contribution in [-0.2, 0) is 13.0 Å². The average Bonchev–Trinajstić information content (AvgIpc) is 2.86. The molecule has 0 aliphatic heterocycles. The predicted octanol–water partition coefficient (Wildman–Crippen LogP) is 3.62. The van der Waals surface area contributed by atoms with Crippen LogP contribution in [0.25, 0.3) is 0 Å². The molecule has 0 fully saturated rings. The number of hydrogen-bond acceptors (Lipinski definition) is 3. The van der Waals surface area contributed by atoms with Crippen molar-refractivity contribution < 1.29 is 5.11 Å². The number of aliphatic hydroxyl groups excluding tert-OH is 1. The number of aromatic nitrogens is 2. The van der Waals surface area contributed by atoms with Gasteiger partial charge in [-0.2, -0.15) is 0 Å². The number of rotatable bonds is 2. The van der Waals surface area contributed by atoms with Crippen molar-refractivity contribution in [1.29, 1.82) is 0 Å². The Morgan fingerprint density at radius 3 is 2.85 bits per heavy atom. The normalized spacial score (nSPS) is 20.9. The third-order valence-corrected chi connectivity index (χ3v) is 5.06. The first-order chi connectivity index (χ1) is 9.35. The van der Waals surface area contributed by atoms with Crippen molar-refractivity contribution in [1.82, 2.24) is 9.55 Å². The Morgan fingerprint density at radius 1 is 1.45 bits per heavy atom. The second kappa shape index (κ2) is 4.71. The molecule has 0 saturated heterocycles. The monoisotopic (exact) mass is 290 g/mol. The van der Waals surface area contributed by atoms with E-state index in [2.05, 4.69) is 43.3 Å². The van der Waals surface area contributed by atoms with E-state index in [4.69, 9.17) is 0 Å². The third-order valence-electron chi connectivity index (χ3n) is 4.16. The van der Waals surface area contributed by atoms with Crippen LogP contribution in [0.2, 0.25) is 0 Å². The fourth-order valence-corrected chi connectivity index (χ4v) is 4.01. The molecule has 2 heterocycles. The maximum atomic E-state index is 10.4. The molecule has 1 aliphatic carbocycles. The van der Waals surface area contributed by atoms with Gasteiger partial charge in [0.1, 0.15) is 5.01 Å². The molecule has 0 spiro atoms. The van der Waals surface area contributed by atoms with Crippen molar-refractivity contribution in [3.8, 4) is 0 Å². The zero-order chi connectivity index (χ0) is 14.5. The summed E-state index contributed by atoms with van der Waals surface area (Å²) in [6.45, 7) is 9.51. The van der Waals surface area contributed by atoms with Crippen LogP contribution >= 0.6 is 11.3 Å². The minimum atomic E-state index is -0.327. The summed E-state index contributed by atoms with van der Waals surface area (Å²) in [6.07, 6.45) is 3.48. The van der Waals surface area contributed by atoms with Crippen LogP contribution in [0.1, 0.15) is 53.2 Å². The van der Waals surface area contributed by atoms with Gasteiger partial charge < -0.3 is 9.67 Å². The van der Waals surface area contributed by atoms with E-state index in [0.717, 1.165) is 30.0 Å². The fraction of sp³-hybridized carbons (Fsp3) is 0.562.